The van der Waals surface area contributed by atoms with Gasteiger partial charge in [-0.05, 0) is 46.9 Å². The molecule has 1 heterocycles. The molecule has 0 saturated carbocycles. The predicted octanol–water partition coefficient (Wildman–Crippen LogP) is 6.48. The lowest BCUT2D eigenvalue weighted by molar-refractivity contribution is 0.0695. The number of aliphatic hydroxyl groups excluding tert-OH is 1. The summed E-state index contributed by atoms with van der Waals surface area (Å²) in [6.45, 7) is 2.30. The molecule has 0 aliphatic heterocycles. The molecule has 5 rings (SSSR count). The first-order chi connectivity index (χ1) is 18.8. The molecule has 0 bridgehead atoms. The maximum atomic E-state index is 15.5. The van der Waals surface area contributed by atoms with Gasteiger partial charge < -0.3 is 24.7 Å². The van der Waals surface area contributed by atoms with Crippen LogP contribution in [-0.4, -0.2) is 39.4 Å². The number of aromatic carboxylic acids is 1. The van der Waals surface area contributed by atoms with Crippen LogP contribution in [0.4, 0.5) is 8.78 Å². The van der Waals surface area contributed by atoms with Crippen LogP contribution >= 0.6 is 0 Å². The van der Waals surface area contributed by atoms with Crippen LogP contribution in [0.15, 0.2) is 72.8 Å². The fourth-order valence-corrected chi connectivity index (χ4v) is 4.25. The van der Waals surface area contributed by atoms with Gasteiger partial charge in [-0.1, -0.05) is 54.6 Å². The average molecular weight is 531 g/mol. The van der Waals surface area contributed by atoms with Crippen molar-refractivity contribution < 1.29 is 33.3 Å². The Morgan fingerprint density at radius 1 is 0.949 bits per heavy atom. The summed E-state index contributed by atoms with van der Waals surface area (Å²) < 4.78 is 41.5. The van der Waals surface area contributed by atoms with Gasteiger partial charge >= 0.3 is 5.97 Å². The number of carboxylic acid groups (broad SMARTS) is 1. The fraction of sp³-hybridized carbons (Fsp3) is 0.133. The highest BCUT2D eigenvalue weighted by Gasteiger charge is 2.20. The number of carbonyl (C=O) groups is 1. The number of aromatic nitrogens is 2. The third kappa shape index (κ3) is 5.50. The van der Waals surface area contributed by atoms with Crippen LogP contribution < -0.4 is 4.74 Å². The molecule has 198 valence electrons. The fourth-order valence-electron chi connectivity index (χ4n) is 4.25. The number of rotatable bonds is 9. The molecule has 0 unspecified atom stereocenters. The summed E-state index contributed by atoms with van der Waals surface area (Å²) in [7, 11) is 0. The van der Waals surface area contributed by atoms with Gasteiger partial charge in [-0.25, -0.2) is 13.6 Å². The second kappa shape index (κ2) is 11.0. The van der Waals surface area contributed by atoms with E-state index in [0.717, 1.165) is 22.8 Å². The SMILES string of the molecule is Cc1ccc(Oc2nc3c(F)c(-c4ccc(-c5ccc(COCCO)cc5)cc4)c(F)cc3[nH]2)cc1C(=O)O. The minimum atomic E-state index is -1.10. The van der Waals surface area contributed by atoms with Crippen LogP contribution in [0.25, 0.3) is 33.3 Å². The summed E-state index contributed by atoms with van der Waals surface area (Å²) in [6, 6.07) is 20.1. The Kier molecular flexibility index (Phi) is 7.36. The van der Waals surface area contributed by atoms with E-state index in [2.05, 4.69) is 9.97 Å². The van der Waals surface area contributed by atoms with Gasteiger partial charge in [-0.2, -0.15) is 4.98 Å². The van der Waals surface area contributed by atoms with Gasteiger partial charge in [0.2, 0.25) is 0 Å². The summed E-state index contributed by atoms with van der Waals surface area (Å²) in [4.78, 5) is 18.3. The van der Waals surface area contributed by atoms with E-state index in [-0.39, 0.29) is 47.1 Å². The minimum Gasteiger partial charge on any atom is -0.478 e. The van der Waals surface area contributed by atoms with Crippen molar-refractivity contribution in [1.29, 1.82) is 0 Å². The molecule has 7 nitrogen and oxygen atoms in total. The number of halogens is 2. The summed E-state index contributed by atoms with van der Waals surface area (Å²) in [6.07, 6.45) is 0. The van der Waals surface area contributed by atoms with E-state index in [0.29, 0.717) is 17.7 Å². The molecule has 0 aliphatic carbocycles. The normalized spacial score (nSPS) is 11.2. The molecule has 0 radical (unpaired) electrons. The van der Waals surface area contributed by atoms with E-state index in [4.69, 9.17) is 14.6 Å². The number of nitrogens with zero attached hydrogens (tertiary/aromatic N) is 1. The maximum Gasteiger partial charge on any atom is 0.336 e. The Hall–Kier alpha value is -4.60. The van der Waals surface area contributed by atoms with Gasteiger partial charge in [0.25, 0.3) is 6.01 Å². The van der Waals surface area contributed by atoms with Gasteiger partial charge in [-0.3, -0.25) is 0 Å². The Balaban J connectivity index is 1.39. The first-order valence-corrected chi connectivity index (χ1v) is 12.1. The number of aliphatic hydroxyl groups is 1. The highest BCUT2D eigenvalue weighted by molar-refractivity contribution is 5.90. The molecule has 0 atom stereocenters. The van der Waals surface area contributed by atoms with Gasteiger partial charge in [0, 0.05) is 6.07 Å². The van der Waals surface area contributed by atoms with Gasteiger partial charge in [0.05, 0.1) is 36.5 Å². The number of hydrogen-bond acceptors (Lipinski definition) is 5. The number of aromatic amines is 1. The third-order valence-corrected chi connectivity index (χ3v) is 6.27. The highest BCUT2D eigenvalue weighted by Crippen LogP contribution is 2.34. The van der Waals surface area contributed by atoms with E-state index in [9.17, 15) is 9.90 Å². The maximum absolute atomic E-state index is 15.5. The molecule has 3 N–H and O–H groups in total. The van der Waals surface area contributed by atoms with Crippen molar-refractivity contribution in [3.8, 4) is 34.0 Å². The quantitative estimate of drug-likeness (QED) is 0.188. The van der Waals surface area contributed by atoms with E-state index in [1.165, 1.54) is 6.07 Å². The molecule has 0 amide bonds. The van der Waals surface area contributed by atoms with E-state index in [1.807, 2.05) is 24.3 Å². The number of hydrogen-bond donors (Lipinski definition) is 3. The molecule has 9 heteroatoms. The Morgan fingerprint density at radius 3 is 2.28 bits per heavy atom. The van der Waals surface area contributed by atoms with Crippen molar-refractivity contribution in [2.45, 2.75) is 13.5 Å². The summed E-state index contributed by atoms with van der Waals surface area (Å²) in [5.74, 6) is -2.52. The van der Waals surface area contributed by atoms with Crippen molar-refractivity contribution in [1.82, 2.24) is 9.97 Å². The highest BCUT2D eigenvalue weighted by atomic mass is 19.1. The first kappa shape index (κ1) is 26.0. The van der Waals surface area contributed by atoms with Crippen molar-refractivity contribution in [3.63, 3.8) is 0 Å². The van der Waals surface area contributed by atoms with Gasteiger partial charge in [0.1, 0.15) is 17.1 Å². The molecule has 0 fully saturated rings. The van der Waals surface area contributed by atoms with Crippen LogP contribution in [-0.2, 0) is 11.3 Å². The van der Waals surface area contributed by atoms with Crippen LogP contribution in [0.3, 0.4) is 0 Å². The van der Waals surface area contributed by atoms with E-state index in [1.54, 1.807) is 43.3 Å². The van der Waals surface area contributed by atoms with Gasteiger partial charge in [-0.15, -0.1) is 0 Å². The van der Waals surface area contributed by atoms with Crippen molar-refractivity contribution >= 4 is 17.0 Å². The molecule has 0 spiro atoms. The minimum absolute atomic E-state index is 0.0313. The number of benzene rings is 4. The second-order valence-electron chi connectivity index (χ2n) is 8.92. The van der Waals surface area contributed by atoms with Crippen molar-refractivity contribution in [3.05, 3.63) is 101 Å². The zero-order chi connectivity index (χ0) is 27.5. The first-order valence-electron chi connectivity index (χ1n) is 12.1. The predicted molar refractivity (Wildman–Crippen MR) is 142 cm³/mol. The molecule has 39 heavy (non-hydrogen) atoms. The number of nitrogens with one attached hydrogen (secondary N) is 1. The standard InChI is InChI=1S/C30H24F2N2O5/c1-17-2-11-22(14-23(17)29(36)37)39-30-33-25-15-24(31)26(27(32)28(25)34-30)21-9-7-20(8-10-21)19-5-3-18(4-6-19)16-38-13-12-35/h2-11,14-15,35H,12-13,16H2,1H3,(H,33,34)(H,36,37). The largest absolute Gasteiger partial charge is 0.478 e. The van der Waals surface area contributed by atoms with E-state index < -0.39 is 17.6 Å². The van der Waals surface area contributed by atoms with Crippen LogP contribution in [0.1, 0.15) is 21.5 Å². The summed E-state index contributed by atoms with van der Waals surface area (Å²) in [5, 5.41) is 18.1. The number of fused-ring (bicyclic) bond motifs is 1. The van der Waals surface area contributed by atoms with Crippen molar-refractivity contribution in [2.24, 2.45) is 0 Å². The molecule has 5 aromatic rings. The monoisotopic (exact) mass is 530 g/mol. The smallest absolute Gasteiger partial charge is 0.336 e. The molecule has 0 saturated heterocycles. The lowest BCUT2D eigenvalue weighted by Gasteiger charge is -2.09. The number of imidazole rings is 1. The Morgan fingerprint density at radius 2 is 1.62 bits per heavy atom. The molecular weight excluding hydrogens is 506 g/mol. The van der Waals surface area contributed by atoms with Crippen LogP contribution in [0.2, 0.25) is 0 Å². The summed E-state index contributed by atoms with van der Waals surface area (Å²) >= 11 is 0. The average Bonchev–Trinajstić information content (AvgIpc) is 3.33. The topological polar surface area (TPSA) is 105 Å². The third-order valence-electron chi connectivity index (χ3n) is 6.27. The number of ether oxygens (including phenoxy) is 2. The number of H-pyrrole nitrogens is 1. The van der Waals surface area contributed by atoms with Crippen molar-refractivity contribution in [2.75, 3.05) is 13.2 Å². The zero-order valence-electron chi connectivity index (χ0n) is 20.9. The number of carboxylic acids is 1. The Labute approximate surface area is 222 Å². The van der Waals surface area contributed by atoms with E-state index >= 15 is 8.78 Å². The second-order valence-corrected chi connectivity index (χ2v) is 8.92. The molecule has 0 aliphatic rings. The van der Waals surface area contributed by atoms with Gasteiger partial charge in [0.15, 0.2) is 5.82 Å². The lowest BCUT2D eigenvalue weighted by atomic mass is 9.98. The van der Waals surface area contributed by atoms with Crippen LogP contribution in [0.5, 0.6) is 11.8 Å². The molecule has 4 aromatic carbocycles. The molecular formula is C30H24F2N2O5. The lowest BCUT2D eigenvalue weighted by Crippen LogP contribution is -2.00. The number of aryl methyl sites for hydroxylation is 1. The molecule has 1 aromatic heterocycles. The Bertz CT molecular complexity index is 1650. The zero-order valence-corrected chi connectivity index (χ0v) is 20.9. The van der Waals surface area contributed by atoms with Crippen LogP contribution in [0, 0.1) is 18.6 Å². The summed E-state index contributed by atoms with van der Waals surface area (Å²) in [5.41, 5.74) is 3.53.